The van der Waals surface area contributed by atoms with E-state index in [1.807, 2.05) is 81.1 Å². The number of anilines is 1. The first kappa shape index (κ1) is 27.9. The predicted octanol–water partition coefficient (Wildman–Crippen LogP) is 7.08. The average Bonchev–Trinajstić information content (AvgIpc) is 2.89. The Kier molecular flexibility index (Phi) is 7.75. The highest BCUT2D eigenvalue weighted by atomic mass is 19.3. The Labute approximate surface area is 223 Å². The number of methoxy groups -OCH3 is 2. The van der Waals surface area contributed by atoms with Gasteiger partial charge in [-0.1, -0.05) is 38.1 Å². The van der Waals surface area contributed by atoms with Crippen molar-refractivity contribution in [2.75, 3.05) is 19.1 Å². The van der Waals surface area contributed by atoms with Gasteiger partial charge in [0, 0.05) is 29.6 Å². The van der Waals surface area contributed by atoms with E-state index in [1.165, 1.54) is 6.92 Å². The molecule has 3 aromatic carbocycles. The van der Waals surface area contributed by atoms with Crippen LogP contribution in [0, 0.1) is 12.7 Å². The summed E-state index contributed by atoms with van der Waals surface area (Å²) in [7, 11) is 3.20. The highest BCUT2D eigenvalue weighted by Crippen LogP contribution is 2.54. The van der Waals surface area contributed by atoms with Gasteiger partial charge in [-0.25, -0.2) is 13.2 Å². The number of rotatable bonds is 9. The number of hydrogen-bond acceptors (Lipinski definition) is 4. The second-order valence-electron chi connectivity index (χ2n) is 10.9. The van der Waals surface area contributed by atoms with Gasteiger partial charge in [-0.2, -0.15) is 0 Å². The molecule has 1 aliphatic heterocycles. The molecule has 38 heavy (non-hydrogen) atoms. The van der Waals surface area contributed by atoms with E-state index in [9.17, 15) is 8.78 Å². The van der Waals surface area contributed by atoms with Crippen molar-refractivity contribution in [2.24, 2.45) is 0 Å². The van der Waals surface area contributed by atoms with Gasteiger partial charge in [0.25, 0.3) is 6.43 Å². The molecule has 0 N–H and O–H groups in total. The smallest absolute Gasteiger partial charge is 0.336 e. The maximum atomic E-state index is 16.0. The SMILES string of the molecule is COc1ccc(CN(Cc2ccc(OC)cc2)c2cc(B3OC(C)(C)C3(C)C)c(C(F)F)c(C)c2F)cc1. The third kappa shape index (κ3) is 5.11. The molecule has 1 heterocycles. The van der Waals surface area contributed by atoms with Gasteiger partial charge >= 0.3 is 6.92 Å². The van der Waals surface area contributed by atoms with E-state index in [4.69, 9.17) is 14.1 Å². The number of ether oxygens (including phenoxy) is 2. The lowest BCUT2D eigenvalue weighted by atomic mass is 9.32. The molecule has 1 saturated heterocycles. The van der Waals surface area contributed by atoms with Crippen LogP contribution in [0.4, 0.5) is 18.9 Å². The van der Waals surface area contributed by atoms with Crippen LogP contribution in [0.1, 0.15) is 56.4 Å². The van der Waals surface area contributed by atoms with E-state index in [-0.39, 0.29) is 16.8 Å². The van der Waals surface area contributed by atoms with Crippen molar-refractivity contribution >= 4 is 18.1 Å². The van der Waals surface area contributed by atoms with E-state index in [2.05, 4.69) is 0 Å². The van der Waals surface area contributed by atoms with Gasteiger partial charge in [0.2, 0.25) is 0 Å². The number of nitrogens with zero attached hydrogens (tertiary/aromatic N) is 1. The third-order valence-corrected chi connectivity index (χ3v) is 8.09. The molecule has 0 amide bonds. The fourth-order valence-corrected chi connectivity index (χ4v) is 4.98. The largest absolute Gasteiger partial charge is 0.497 e. The van der Waals surface area contributed by atoms with Crippen LogP contribution in [0.25, 0.3) is 0 Å². The maximum absolute atomic E-state index is 16.0. The van der Waals surface area contributed by atoms with E-state index in [1.54, 1.807) is 20.3 Å². The number of halogens is 3. The Hall–Kier alpha value is -3.13. The molecule has 0 saturated carbocycles. The molecule has 4 nitrogen and oxygen atoms in total. The molecule has 0 unspecified atom stereocenters. The molecular weight excluding hydrogens is 490 g/mol. The van der Waals surface area contributed by atoms with E-state index >= 15 is 4.39 Å². The predicted molar refractivity (Wildman–Crippen MR) is 147 cm³/mol. The Balaban J connectivity index is 1.82. The first-order valence-corrected chi connectivity index (χ1v) is 12.7. The third-order valence-electron chi connectivity index (χ3n) is 8.09. The van der Waals surface area contributed by atoms with Gasteiger partial charge in [0.05, 0.1) is 19.9 Å². The number of alkyl halides is 2. The highest BCUT2D eigenvalue weighted by Gasteiger charge is 2.60. The second kappa shape index (κ2) is 10.6. The zero-order valence-electron chi connectivity index (χ0n) is 23.1. The monoisotopic (exact) mass is 525 g/mol. The van der Waals surface area contributed by atoms with E-state index < -0.39 is 30.1 Å². The van der Waals surface area contributed by atoms with Crippen molar-refractivity contribution in [1.82, 2.24) is 0 Å². The quantitative estimate of drug-likeness (QED) is 0.280. The van der Waals surface area contributed by atoms with Crippen molar-refractivity contribution in [3.05, 3.63) is 82.7 Å². The lowest BCUT2D eigenvalue weighted by Crippen LogP contribution is -2.67. The molecule has 0 atom stereocenters. The summed E-state index contributed by atoms with van der Waals surface area (Å²) in [5.74, 6) is 0.781. The highest BCUT2D eigenvalue weighted by molar-refractivity contribution is 6.73. The molecule has 0 radical (unpaired) electrons. The van der Waals surface area contributed by atoms with Crippen molar-refractivity contribution in [3.63, 3.8) is 0 Å². The lowest BCUT2D eigenvalue weighted by molar-refractivity contribution is -0.00973. The summed E-state index contributed by atoms with van der Waals surface area (Å²) in [6.45, 7) is 9.47. The molecule has 0 aliphatic carbocycles. The summed E-state index contributed by atoms with van der Waals surface area (Å²) < 4.78 is 61.3. The van der Waals surface area contributed by atoms with Crippen molar-refractivity contribution in [2.45, 2.75) is 65.0 Å². The van der Waals surface area contributed by atoms with Crippen LogP contribution in [0.3, 0.4) is 0 Å². The molecule has 0 spiro atoms. The Morgan fingerprint density at radius 3 is 1.71 bits per heavy atom. The number of benzene rings is 3. The molecule has 3 aromatic rings. The topological polar surface area (TPSA) is 30.9 Å². The van der Waals surface area contributed by atoms with Crippen LogP contribution in [-0.4, -0.2) is 26.7 Å². The van der Waals surface area contributed by atoms with Crippen LogP contribution in [0.5, 0.6) is 11.5 Å². The molecule has 0 bridgehead atoms. The molecule has 0 aromatic heterocycles. The van der Waals surface area contributed by atoms with E-state index in [0.29, 0.717) is 30.1 Å². The van der Waals surface area contributed by atoms with E-state index in [0.717, 1.165) is 11.1 Å². The summed E-state index contributed by atoms with van der Waals surface area (Å²) in [6.07, 6.45) is -2.83. The van der Waals surface area contributed by atoms with Gasteiger partial charge in [0.15, 0.2) is 0 Å². The minimum absolute atomic E-state index is 0.0499. The van der Waals surface area contributed by atoms with Gasteiger partial charge in [-0.15, -0.1) is 0 Å². The molecule has 1 aliphatic rings. The van der Waals surface area contributed by atoms with Crippen molar-refractivity contribution in [1.29, 1.82) is 0 Å². The standard InChI is InChI=1S/C30H35BF3NO3/c1-19-26(28(33)34)24(31-29(2,3)30(4,5)38-31)16-25(27(19)32)35(17-20-8-12-22(36-6)13-9-20)18-21-10-14-23(37-7)15-11-21/h8-16,28H,17-18H2,1-7H3. The minimum Gasteiger partial charge on any atom is -0.497 e. The van der Waals surface area contributed by atoms with Gasteiger partial charge in [-0.3, -0.25) is 0 Å². The van der Waals surface area contributed by atoms with Crippen LogP contribution in [0.2, 0.25) is 5.31 Å². The Morgan fingerprint density at radius 2 is 1.34 bits per heavy atom. The first-order valence-electron chi connectivity index (χ1n) is 12.7. The van der Waals surface area contributed by atoms with Crippen molar-refractivity contribution in [3.8, 4) is 11.5 Å². The Bertz CT molecular complexity index is 1230. The maximum Gasteiger partial charge on any atom is 0.336 e. The van der Waals surface area contributed by atoms with Gasteiger partial charge in [-0.05, 0) is 73.3 Å². The minimum atomic E-state index is -2.83. The fourth-order valence-electron chi connectivity index (χ4n) is 4.98. The summed E-state index contributed by atoms with van der Waals surface area (Å²) in [5, 5.41) is -0.422. The molecule has 8 heteroatoms. The van der Waals surface area contributed by atoms with Gasteiger partial charge in [0.1, 0.15) is 17.3 Å². The van der Waals surface area contributed by atoms with Crippen LogP contribution < -0.4 is 19.8 Å². The number of hydrogen-bond donors (Lipinski definition) is 0. The zero-order chi connectivity index (χ0) is 27.8. The molecule has 4 rings (SSSR count). The normalized spacial score (nSPS) is 15.8. The first-order chi connectivity index (χ1) is 17.9. The summed E-state index contributed by atoms with van der Waals surface area (Å²) in [4.78, 5) is 1.88. The summed E-state index contributed by atoms with van der Waals surface area (Å²) in [5.41, 5.74) is 1.63. The fraction of sp³-hybridized carbons (Fsp3) is 0.400. The summed E-state index contributed by atoms with van der Waals surface area (Å²) >= 11 is 0. The van der Waals surface area contributed by atoms with Crippen LogP contribution >= 0.6 is 0 Å². The van der Waals surface area contributed by atoms with Crippen LogP contribution in [0.15, 0.2) is 54.6 Å². The summed E-state index contributed by atoms with van der Waals surface area (Å²) in [6, 6.07) is 16.6. The van der Waals surface area contributed by atoms with Crippen molar-refractivity contribution < 1.29 is 27.3 Å². The Morgan fingerprint density at radius 1 is 0.868 bits per heavy atom. The lowest BCUT2D eigenvalue weighted by Gasteiger charge is -2.57. The second-order valence-corrected chi connectivity index (χ2v) is 10.9. The zero-order valence-corrected chi connectivity index (χ0v) is 23.1. The van der Waals surface area contributed by atoms with Crippen LogP contribution in [-0.2, 0) is 17.7 Å². The average molecular weight is 525 g/mol. The van der Waals surface area contributed by atoms with Gasteiger partial charge < -0.3 is 19.0 Å². The molecule has 1 fully saturated rings. The molecule has 202 valence electrons. The molecular formula is C30H35BF3NO3.